The van der Waals surface area contributed by atoms with Gasteiger partial charge in [-0.3, -0.25) is 0 Å². The van der Waals surface area contributed by atoms with Gasteiger partial charge in [-0.1, -0.05) is 19.1 Å². The molecule has 0 aliphatic carbocycles. The molecule has 5 nitrogen and oxygen atoms in total. The van der Waals surface area contributed by atoms with Crippen LogP contribution in [0.1, 0.15) is 26.3 Å². The van der Waals surface area contributed by atoms with Crippen LogP contribution in [-0.4, -0.2) is 34.6 Å². The molecule has 0 aliphatic rings. The number of carboxylic acid groups (broad SMARTS) is 1. The van der Waals surface area contributed by atoms with E-state index in [1.807, 2.05) is 25.1 Å². The van der Waals surface area contributed by atoms with Gasteiger partial charge >= 0.3 is 12.0 Å². The van der Waals surface area contributed by atoms with Crippen molar-refractivity contribution in [1.29, 1.82) is 0 Å². The van der Waals surface area contributed by atoms with Gasteiger partial charge in [-0.15, -0.1) is 0 Å². The van der Waals surface area contributed by atoms with Crippen molar-refractivity contribution >= 4 is 17.7 Å². The number of carbonyl (C=O) groups is 2. The van der Waals surface area contributed by atoms with E-state index in [0.717, 1.165) is 12.0 Å². The molecule has 1 rings (SSSR count). The second kappa shape index (κ2) is 5.73. The largest absolute Gasteiger partial charge is 0.480 e. The van der Waals surface area contributed by atoms with E-state index in [9.17, 15) is 9.59 Å². The van der Waals surface area contributed by atoms with Gasteiger partial charge < -0.3 is 15.3 Å². The monoisotopic (exact) mass is 264 g/mol. The fourth-order valence-corrected chi connectivity index (χ4v) is 1.47. The third kappa shape index (κ3) is 3.47. The second-order valence-corrected chi connectivity index (χ2v) is 4.91. The average molecular weight is 264 g/mol. The lowest BCUT2D eigenvalue weighted by atomic mass is 10.0. The van der Waals surface area contributed by atoms with Gasteiger partial charge in [-0.2, -0.15) is 0 Å². The van der Waals surface area contributed by atoms with Gasteiger partial charge in [-0.25, -0.2) is 9.59 Å². The molecule has 0 unspecified atom stereocenters. The molecule has 5 heteroatoms. The van der Waals surface area contributed by atoms with Gasteiger partial charge in [0.1, 0.15) is 5.54 Å². The molecule has 0 atom stereocenters. The normalized spacial score (nSPS) is 10.9. The zero-order valence-corrected chi connectivity index (χ0v) is 11.7. The number of amides is 2. The number of anilines is 1. The van der Waals surface area contributed by atoms with Gasteiger partial charge in [0.05, 0.1) is 0 Å². The minimum Gasteiger partial charge on any atom is -0.480 e. The first-order chi connectivity index (χ1) is 8.78. The van der Waals surface area contributed by atoms with Crippen molar-refractivity contribution in [2.24, 2.45) is 0 Å². The Morgan fingerprint density at radius 1 is 1.37 bits per heavy atom. The number of likely N-dealkylation sites (N-methyl/N-ethyl adjacent to an activating group) is 1. The number of hydrogen-bond donors (Lipinski definition) is 2. The minimum atomic E-state index is -1.26. The molecule has 0 aromatic heterocycles. The number of aryl methyl sites for hydroxylation is 1. The molecule has 104 valence electrons. The van der Waals surface area contributed by atoms with E-state index in [1.165, 1.54) is 25.8 Å². The van der Waals surface area contributed by atoms with Crippen LogP contribution in [0.15, 0.2) is 24.3 Å². The Hall–Kier alpha value is -2.04. The van der Waals surface area contributed by atoms with E-state index < -0.39 is 17.5 Å². The van der Waals surface area contributed by atoms with Crippen LogP contribution in [0.4, 0.5) is 10.5 Å². The Labute approximate surface area is 113 Å². The lowest BCUT2D eigenvalue weighted by molar-refractivity contribution is -0.146. The van der Waals surface area contributed by atoms with Gasteiger partial charge in [0.25, 0.3) is 0 Å². The average Bonchev–Trinajstić information content (AvgIpc) is 2.37. The highest BCUT2D eigenvalue weighted by atomic mass is 16.4. The van der Waals surface area contributed by atoms with E-state index >= 15 is 0 Å². The standard InChI is InChI=1S/C14H20N2O3/c1-5-10-7-6-8-11(9-10)15-13(19)16(4)14(2,3)12(17)18/h6-9H,5H2,1-4H3,(H,15,19)(H,17,18). The Bertz CT molecular complexity index is 483. The summed E-state index contributed by atoms with van der Waals surface area (Å²) in [6, 6.07) is 7.04. The number of rotatable bonds is 4. The highest BCUT2D eigenvalue weighted by molar-refractivity contribution is 5.93. The first kappa shape index (κ1) is 15.0. The third-order valence-corrected chi connectivity index (χ3v) is 3.25. The Balaban J connectivity index is 2.82. The van der Waals surface area contributed by atoms with E-state index in [1.54, 1.807) is 6.07 Å². The number of hydrogen-bond acceptors (Lipinski definition) is 2. The van der Waals surface area contributed by atoms with Crippen LogP contribution in [0.2, 0.25) is 0 Å². The molecular formula is C14H20N2O3. The highest BCUT2D eigenvalue weighted by Gasteiger charge is 2.35. The molecule has 0 saturated carbocycles. The molecule has 0 fully saturated rings. The predicted octanol–water partition coefficient (Wildman–Crippen LogP) is 2.58. The summed E-state index contributed by atoms with van der Waals surface area (Å²) < 4.78 is 0. The first-order valence-corrected chi connectivity index (χ1v) is 6.16. The number of nitrogens with one attached hydrogen (secondary N) is 1. The van der Waals surface area contributed by atoms with Crippen molar-refractivity contribution in [2.45, 2.75) is 32.7 Å². The second-order valence-electron chi connectivity index (χ2n) is 4.91. The number of carbonyl (C=O) groups excluding carboxylic acids is 1. The van der Waals surface area contributed by atoms with E-state index in [-0.39, 0.29) is 0 Å². The third-order valence-electron chi connectivity index (χ3n) is 3.25. The lowest BCUT2D eigenvalue weighted by Crippen LogP contribution is -2.52. The van der Waals surface area contributed by atoms with Crippen LogP contribution in [0.25, 0.3) is 0 Å². The van der Waals surface area contributed by atoms with Gasteiger partial charge in [0.2, 0.25) is 0 Å². The van der Waals surface area contributed by atoms with Crippen LogP contribution in [0.3, 0.4) is 0 Å². The summed E-state index contributed by atoms with van der Waals surface area (Å²) in [5.41, 5.74) is 0.516. The number of nitrogens with zero attached hydrogens (tertiary/aromatic N) is 1. The van der Waals surface area contributed by atoms with E-state index in [4.69, 9.17) is 5.11 Å². The first-order valence-electron chi connectivity index (χ1n) is 6.16. The van der Waals surface area contributed by atoms with Crippen LogP contribution in [0.5, 0.6) is 0 Å². The summed E-state index contributed by atoms with van der Waals surface area (Å²) >= 11 is 0. The molecule has 1 aromatic rings. The van der Waals surface area contributed by atoms with E-state index in [0.29, 0.717) is 5.69 Å². The number of benzene rings is 1. The van der Waals surface area contributed by atoms with Crippen LogP contribution in [-0.2, 0) is 11.2 Å². The maximum Gasteiger partial charge on any atom is 0.329 e. The molecular weight excluding hydrogens is 244 g/mol. The fourth-order valence-electron chi connectivity index (χ4n) is 1.47. The molecule has 0 saturated heterocycles. The molecule has 2 N–H and O–H groups in total. The molecule has 2 amide bonds. The van der Waals surface area contributed by atoms with Crippen molar-refractivity contribution in [1.82, 2.24) is 4.90 Å². The van der Waals surface area contributed by atoms with Gasteiger partial charge in [-0.05, 0) is 38.0 Å². The fraction of sp³-hybridized carbons (Fsp3) is 0.429. The summed E-state index contributed by atoms with van der Waals surface area (Å²) in [5, 5.41) is 11.8. The molecule has 0 heterocycles. The highest BCUT2D eigenvalue weighted by Crippen LogP contribution is 2.16. The quantitative estimate of drug-likeness (QED) is 0.878. The molecule has 0 spiro atoms. The van der Waals surface area contributed by atoms with Gasteiger partial charge in [0.15, 0.2) is 0 Å². The summed E-state index contributed by atoms with van der Waals surface area (Å²) in [4.78, 5) is 24.3. The van der Waals surface area contributed by atoms with Crippen molar-refractivity contribution in [3.63, 3.8) is 0 Å². The Morgan fingerprint density at radius 2 is 2.00 bits per heavy atom. The molecule has 0 aliphatic heterocycles. The minimum absolute atomic E-state index is 0.444. The Morgan fingerprint density at radius 3 is 2.53 bits per heavy atom. The predicted molar refractivity (Wildman–Crippen MR) is 74.3 cm³/mol. The zero-order chi connectivity index (χ0) is 14.6. The molecule has 0 radical (unpaired) electrons. The summed E-state index contributed by atoms with van der Waals surface area (Å²) in [5.74, 6) is -1.05. The van der Waals surface area contributed by atoms with Crippen LogP contribution in [0, 0.1) is 0 Å². The molecule has 19 heavy (non-hydrogen) atoms. The summed E-state index contributed by atoms with van der Waals surface area (Å²) in [6.45, 7) is 5.00. The van der Waals surface area contributed by atoms with Crippen LogP contribution < -0.4 is 5.32 Å². The SMILES string of the molecule is CCc1cccc(NC(=O)N(C)C(C)(C)C(=O)O)c1. The zero-order valence-electron chi connectivity index (χ0n) is 11.7. The molecule has 0 bridgehead atoms. The van der Waals surface area contributed by atoms with Crippen molar-refractivity contribution < 1.29 is 14.7 Å². The summed E-state index contributed by atoms with van der Waals surface area (Å²) in [6.07, 6.45) is 0.875. The maximum atomic E-state index is 12.0. The summed E-state index contributed by atoms with van der Waals surface area (Å²) in [7, 11) is 1.47. The lowest BCUT2D eigenvalue weighted by Gasteiger charge is -2.31. The smallest absolute Gasteiger partial charge is 0.329 e. The van der Waals surface area contributed by atoms with E-state index in [2.05, 4.69) is 5.32 Å². The van der Waals surface area contributed by atoms with Gasteiger partial charge in [0, 0.05) is 12.7 Å². The Kier molecular flexibility index (Phi) is 4.53. The molecule has 1 aromatic carbocycles. The van der Waals surface area contributed by atoms with Crippen LogP contribution >= 0.6 is 0 Å². The number of urea groups is 1. The maximum absolute atomic E-state index is 12.0. The number of aliphatic carboxylic acids is 1. The van der Waals surface area contributed by atoms with Crippen molar-refractivity contribution in [2.75, 3.05) is 12.4 Å². The number of carboxylic acids is 1. The van der Waals surface area contributed by atoms with Crippen molar-refractivity contribution in [3.8, 4) is 0 Å². The topological polar surface area (TPSA) is 69.6 Å². The van der Waals surface area contributed by atoms with Crippen molar-refractivity contribution in [3.05, 3.63) is 29.8 Å².